The van der Waals surface area contributed by atoms with Gasteiger partial charge >= 0.3 is 6.03 Å². The fourth-order valence-corrected chi connectivity index (χ4v) is 1.65. The normalized spacial score (nSPS) is 11.2. The van der Waals surface area contributed by atoms with Gasteiger partial charge in [0.1, 0.15) is 0 Å². The molecule has 5 nitrogen and oxygen atoms in total. The van der Waals surface area contributed by atoms with Gasteiger partial charge in [-0.05, 0) is 19.1 Å². The van der Waals surface area contributed by atoms with Gasteiger partial charge in [0, 0.05) is 24.7 Å². The molecule has 0 aliphatic carbocycles. The van der Waals surface area contributed by atoms with E-state index >= 15 is 0 Å². The molecule has 0 saturated carbocycles. The summed E-state index contributed by atoms with van der Waals surface area (Å²) in [6.45, 7) is 3.63. The summed E-state index contributed by atoms with van der Waals surface area (Å²) < 4.78 is 0. The average molecular weight is 266 g/mol. The van der Waals surface area contributed by atoms with E-state index in [0.29, 0.717) is 0 Å². The molecule has 0 saturated heterocycles. The van der Waals surface area contributed by atoms with Crippen molar-refractivity contribution in [2.24, 2.45) is 5.41 Å². The lowest BCUT2D eigenvalue weighted by atomic mass is 9.92. The highest BCUT2D eigenvalue weighted by Crippen LogP contribution is 2.16. The molecule has 3 N–H and O–H groups in total. The maximum atomic E-state index is 12.0. The van der Waals surface area contributed by atoms with Crippen molar-refractivity contribution in [3.63, 3.8) is 0 Å². The molecule has 1 aromatic carbocycles. The summed E-state index contributed by atoms with van der Waals surface area (Å²) in [4.78, 5) is 13.4. The van der Waals surface area contributed by atoms with Crippen LogP contribution in [0.5, 0.6) is 0 Å². The summed E-state index contributed by atoms with van der Waals surface area (Å²) in [6, 6.07) is 7.23. The Kier molecular flexibility index (Phi) is 5.32. The Bertz CT molecular complexity index is 413. The van der Waals surface area contributed by atoms with Crippen LogP contribution < -0.4 is 5.32 Å². The maximum absolute atomic E-state index is 12.0. The first-order chi connectivity index (χ1) is 8.90. The molecule has 0 bridgehead atoms. The van der Waals surface area contributed by atoms with Crippen molar-refractivity contribution in [3.05, 3.63) is 29.8 Å². The highest BCUT2D eigenvalue weighted by Gasteiger charge is 2.26. The first kappa shape index (κ1) is 15.5. The van der Waals surface area contributed by atoms with Crippen molar-refractivity contribution < 1.29 is 15.0 Å². The summed E-state index contributed by atoms with van der Waals surface area (Å²) in [7, 11) is 1.63. The quantitative estimate of drug-likeness (QED) is 0.755. The van der Waals surface area contributed by atoms with E-state index < -0.39 is 5.41 Å². The van der Waals surface area contributed by atoms with E-state index in [4.69, 9.17) is 0 Å². The minimum atomic E-state index is -0.695. The van der Waals surface area contributed by atoms with E-state index in [0.717, 1.165) is 11.3 Å². The molecule has 19 heavy (non-hydrogen) atoms. The Hall–Kier alpha value is -1.59. The Morgan fingerprint density at radius 3 is 2.26 bits per heavy atom. The third-order valence-electron chi connectivity index (χ3n) is 3.03. The van der Waals surface area contributed by atoms with E-state index in [-0.39, 0.29) is 25.8 Å². The third kappa shape index (κ3) is 4.54. The largest absolute Gasteiger partial charge is 0.396 e. The van der Waals surface area contributed by atoms with E-state index in [9.17, 15) is 15.0 Å². The minimum absolute atomic E-state index is 0.175. The number of nitrogens with zero attached hydrogens (tertiary/aromatic N) is 1. The molecule has 5 heteroatoms. The first-order valence-electron chi connectivity index (χ1n) is 6.21. The van der Waals surface area contributed by atoms with Crippen LogP contribution in [-0.4, -0.2) is 48.0 Å². The number of carbonyl (C=O) groups excluding carboxylic acids is 1. The number of rotatable bonds is 5. The fourth-order valence-electron chi connectivity index (χ4n) is 1.65. The summed E-state index contributed by atoms with van der Waals surface area (Å²) >= 11 is 0. The lowest BCUT2D eigenvalue weighted by Crippen LogP contribution is -2.43. The van der Waals surface area contributed by atoms with Gasteiger partial charge < -0.3 is 20.4 Å². The number of nitrogens with one attached hydrogen (secondary N) is 1. The highest BCUT2D eigenvalue weighted by atomic mass is 16.3. The number of aryl methyl sites for hydroxylation is 1. The molecule has 0 aliphatic rings. The van der Waals surface area contributed by atoms with Crippen LogP contribution in [-0.2, 0) is 0 Å². The monoisotopic (exact) mass is 266 g/mol. The molecule has 0 radical (unpaired) electrons. The predicted octanol–water partition coefficient (Wildman–Crippen LogP) is 1.45. The summed E-state index contributed by atoms with van der Waals surface area (Å²) in [6.07, 6.45) is 0. The summed E-state index contributed by atoms with van der Waals surface area (Å²) in [5.41, 5.74) is 1.15. The number of carbonyl (C=O) groups is 1. The second-order valence-electron chi connectivity index (χ2n) is 5.28. The molecule has 1 rings (SSSR count). The van der Waals surface area contributed by atoms with Gasteiger partial charge in [0.2, 0.25) is 0 Å². The number of aliphatic hydroxyl groups excluding tert-OH is 2. The van der Waals surface area contributed by atoms with Crippen LogP contribution in [0.25, 0.3) is 0 Å². The van der Waals surface area contributed by atoms with Crippen LogP contribution in [0.1, 0.15) is 12.5 Å². The molecule has 0 aliphatic heterocycles. The molecule has 0 atom stereocenters. The number of amides is 2. The van der Waals surface area contributed by atoms with E-state index in [1.165, 1.54) is 4.90 Å². The van der Waals surface area contributed by atoms with Gasteiger partial charge in [-0.1, -0.05) is 24.6 Å². The smallest absolute Gasteiger partial charge is 0.321 e. The Balaban J connectivity index is 2.60. The van der Waals surface area contributed by atoms with Crippen molar-refractivity contribution in [2.75, 3.05) is 32.1 Å². The molecule has 2 amide bonds. The van der Waals surface area contributed by atoms with Crippen molar-refractivity contribution in [3.8, 4) is 0 Å². The van der Waals surface area contributed by atoms with Gasteiger partial charge in [0.25, 0.3) is 0 Å². The van der Waals surface area contributed by atoms with Gasteiger partial charge in [0.05, 0.1) is 13.2 Å². The minimum Gasteiger partial charge on any atom is -0.396 e. The standard InChI is InChI=1S/C14H22N2O3/c1-11-4-6-12(7-5-11)15-13(19)16(3)8-14(2,9-17)10-18/h4-7,17-18H,8-10H2,1-3H3,(H,15,19). The number of benzene rings is 1. The molecule has 0 spiro atoms. The van der Waals surface area contributed by atoms with Crippen molar-refractivity contribution in [2.45, 2.75) is 13.8 Å². The number of hydrogen-bond acceptors (Lipinski definition) is 3. The molecule has 0 unspecified atom stereocenters. The second kappa shape index (κ2) is 6.54. The number of urea groups is 1. The number of anilines is 1. The molecule has 106 valence electrons. The summed E-state index contributed by atoms with van der Waals surface area (Å²) in [5, 5.41) is 21.2. The zero-order chi connectivity index (χ0) is 14.5. The van der Waals surface area contributed by atoms with Gasteiger partial charge in [-0.2, -0.15) is 0 Å². The van der Waals surface area contributed by atoms with E-state index in [1.54, 1.807) is 14.0 Å². The molecule has 0 heterocycles. The van der Waals surface area contributed by atoms with Gasteiger partial charge in [0.15, 0.2) is 0 Å². The average Bonchev–Trinajstić information content (AvgIpc) is 2.41. The molecular weight excluding hydrogens is 244 g/mol. The summed E-state index contributed by atoms with van der Waals surface area (Å²) in [5.74, 6) is 0. The first-order valence-corrected chi connectivity index (χ1v) is 6.21. The Morgan fingerprint density at radius 2 is 1.79 bits per heavy atom. The van der Waals surface area contributed by atoms with Crippen LogP contribution >= 0.6 is 0 Å². The van der Waals surface area contributed by atoms with Gasteiger partial charge in [-0.25, -0.2) is 4.79 Å². The molecule has 0 fully saturated rings. The second-order valence-corrected chi connectivity index (χ2v) is 5.28. The fraction of sp³-hybridized carbons (Fsp3) is 0.500. The zero-order valence-electron chi connectivity index (χ0n) is 11.7. The van der Waals surface area contributed by atoms with Gasteiger partial charge in [-0.15, -0.1) is 0 Å². The lowest BCUT2D eigenvalue weighted by molar-refractivity contribution is 0.0509. The predicted molar refractivity (Wildman–Crippen MR) is 75.1 cm³/mol. The van der Waals surface area contributed by atoms with Crippen LogP contribution in [0.15, 0.2) is 24.3 Å². The third-order valence-corrected chi connectivity index (χ3v) is 3.03. The van der Waals surface area contributed by atoms with Crippen molar-refractivity contribution >= 4 is 11.7 Å². The van der Waals surface area contributed by atoms with Crippen molar-refractivity contribution in [1.82, 2.24) is 4.90 Å². The van der Waals surface area contributed by atoms with Crippen LogP contribution in [0, 0.1) is 12.3 Å². The van der Waals surface area contributed by atoms with Crippen LogP contribution in [0.4, 0.5) is 10.5 Å². The SMILES string of the molecule is Cc1ccc(NC(=O)N(C)CC(C)(CO)CO)cc1. The topological polar surface area (TPSA) is 72.8 Å². The van der Waals surface area contributed by atoms with Crippen LogP contribution in [0.2, 0.25) is 0 Å². The molecule has 0 aromatic heterocycles. The van der Waals surface area contributed by atoms with Gasteiger partial charge in [-0.3, -0.25) is 0 Å². The van der Waals surface area contributed by atoms with Crippen molar-refractivity contribution in [1.29, 1.82) is 0 Å². The maximum Gasteiger partial charge on any atom is 0.321 e. The molecular formula is C14H22N2O3. The number of hydrogen-bond donors (Lipinski definition) is 3. The van der Waals surface area contributed by atoms with Crippen LogP contribution in [0.3, 0.4) is 0 Å². The number of aliphatic hydroxyl groups is 2. The van der Waals surface area contributed by atoms with E-state index in [2.05, 4.69) is 5.32 Å². The Morgan fingerprint density at radius 1 is 1.26 bits per heavy atom. The zero-order valence-corrected chi connectivity index (χ0v) is 11.7. The molecule has 1 aromatic rings. The lowest BCUT2D eigenvalue weighted by Gasteiger charge is -2.30. The Labute approximate surface area is 113 Å². The van der Waals surface area contributed by atoms with E-state index in [1.807, 2.05) is 31.2 Å². The highest BCUT2D eigenvalue weighted by molar-refractivity contribution is 5.89.